The van der Waals surface area contributed by atoms with Crippen molar-refractivity contribution in [1.82, 2.24) is 5.32 Å². The van der Waals surface area contributed by atoms with E-state index in [0.717, 1.165) is 19.5 Å². The van der Waals surface area contributed by atoms with Gasteiger partial charge < -0.3 is 5.32 Å². The van der Waals surface area contributed by atoms with E-state index in [2.05, 4.69) is 5.32 Å². The van der Waals surface area contributed by atoms with Crippen LogP contribution in [0.4, 0.5) is 4.39 Å². The fourth-order valence-corrected chi connectivity index (χ4v) is 1.16. The Morgan fingerprint density at radius 1 is 1.33 bits per heavy atom. The minimum atomic E-state index is -0.569. The highest BCUT2D eigenvalue weighted by atomic mass is 19.1. The van der Waals surface area contributed by atoms with Crippen LogP contribution in [-0.2, 0) is 0 Å². The van der Waals surface area contributed by atoms with E-state index in [1.54, 1.807) is 0 Å². The summed E-state index contributed by atoms with van der Waals surface area (Å²) in [5, 5.41) is 3.17. The maximum absolute atomic E-state index is 12.8. The summed E-state index contributed by atoms with van der Waals surface area (Å²) in [5.74, 6) is 0.264. The second-order valence-electron chi connectivity index (χ2n) is 2.82. The minimum absolute atomic E-state index is 0.264. The molecule has 1 nitrogen and oxygen atoms in total. The quantitative estimate of drug-likeness (QED) is 0.523. The SMILES string of the molecule is C[C@@H]1CCNCCC1F. The Hall–Kier alpha value is -0.110. The highest BCUT2D eigenvalue weighted by Crippen LogP contribution is 2.16. The van der Waals surface area contributed by atoms with Crippen LogP contribution in [0.2, 0.25) is 0 Å². The molecule has 1 aliphatic rings. The topological polar surface area (TPSA) is 12.0 Å². The third-order valence-corrected chi connectivity index (χ3v) is 1.99. The monoisotopic (exact) mass is 131 g/mol. The van der Waals surface area contributed by atoms with Gasteiger partial charge in [0, 0.05) is 0 Å². The zero-order valence-corrected chi connectivity index (χ0v) is 5.86. The van der Waals surface area contributed by atoms with E-state index >= 15 is 0 Å². The molecular formula is C7H14FN. The van der Waals surface area contributed by atoms with Gasteiger partial charge in [-0.15, -0.1) is 0 Å². The van der Waals surface area contributed by atoms with Gasteiger partial charge >= 0.3 is 0 Å². The summed E-state index contributed by atoms with van der Waals surface area (Å²) in [5.41, 5.74) is 0. The first kappa shape index (κ1) is 7.00. The van der Waals surface area contributed by atoms with Crippen LogP contribution in [0.1, 0.15) is 19.8 Å². The van der Waals surface area contributed by atoms with E-state index in [0.29, 0.717) is 6.42 Å². The van der Waals surface area contributed by atoms with Gasteiger partial charge in [-0.3, -0.25) is 0 Å². The molecule has 54 valence electrons. The second-order valence-corrected chi connectivity index (χ2v) is 2.82. The molecular weight excluding hydrogens is 117 g/mol. The summed E-state index contributed by atoms with van der Waals surface area (Å²) in [6, 6.07) is 0. The number of halogens is 1. The Labute approximate surface area is 55.6 Å². The van der Waals surface area contributed by atoms with Crippen LogP contribution in [0.3, 0.4) is 0 Å². The number of alkyl halides is 1. The molecule has 1 N–H and O–H groups in total. The van der Waals surface area contributed by atoms with Gasteiger partial charge in [-0.25, -0.2) is 4.39 Å². The number of hydrogen-bond donors (Lipinski definition) is 1. The van der Waals surface area contributed by atoms with E-state index in [1.807, 2.05) is 6.92 Å². The molecule has 0 radical (unpaired) electrons. The van der Waals surface area contributed by atoms with E-state index in [1.165, 1.54) is 0 Å². The van der Waals surface area contributed by atoms with E-state index in [-0.39, 0.29) is 5.92 Å². The normalized spacial score (nSPS) is 38.0. The molecule has 0 aliphatic carbocycles. The van der Waals surface area contributed by atoms with Crippen LogP contribution in [0, 0.1) is 5.92 Å². The van der Waals surface area contributed by atoms with Crippen molar-refractivity contribution in [2.75, 3.05) is 13.1 Å². The van der Waals surface area contributed by atoms with Crippen molar-refractivity contribution < 1.29 is 4.39 Å². The Morgan fingerprint density at radius 3 is 2.78 bits per heavy atom. The first-order chi connectivity index (χ1) is 4.30. The van der Waals surface area contributed by atoms with Crippen LogP contribution < -0.4 is 5.32 Å². The summed E-state index contributed by atoms with van der Waals surface area (Å²) in [4.78, 5) is 0. The van der Waals surface area contributed by atoms with Gasteiger partial charge in [0.1, 0.15) is 6.17 Å². The maximum atomic E-state index is 12.8. The van der Waals surface area contributed by atoms with E-state index < -0.39 is 6.17 Å². The molecule has 0 amide bonds. The number of rotatable bonds is 0. The van der Waals surface area contributed by atoms with Crippen molar-refractivity contribution in [3.63, 3.8) is 0 Å². The van der Waals surface area contributed by atoms with Crippen LogP contribution in [0.5, 0.6) is 0 Å². The van der Waals surface area contributed by atoms with Gasteiger partial charge in [0.15, 0.2) is 0 Å². The summed E-state index contributed by atoms with van der Waals surface area (Å²) < 4.78 is 12.8. The minimum Gasteiger partial charge on any atom is -0.317 e. The van der Waals surface area contributed by atoms with Crippen LogP contribution in [0.15, 0.2) is 0 Å². The third-order valence-electron chi connectivity index (χ3n) is 1.99. The molecule has 0 spiro atoms. The van der Waals surface area contributed by atoms with Crippen molar-refractivity contribution >= 4 is 0 Å². The summed E-state index contributed by atoms with van der Waals surface area (Å²) in [6.07, 6.45) is 1.11. The van der Waals surface area contributed by atoms with Crippen LogP contribution in [-0.4, -0.2) is 19.3 Å². The molecule has 0 aromatic heterocycles. The molecule has 0 aromatic carbocycles. The van der Waals surface area contributed by atoms with Gasteiger partial charge in [0.25, 0.3) is 0 Å². The predicted octanol–water partition coefficient (Wildman–Crippen LogP) is 1.34. The van der Waals surface area contributed by atoms with Gasteiger partial charge in [0.05, 0.1) is 0 Å². The standard InChI is InChI=1S/C7H14FN/c1-6-2-4-9-5-3-7(6)8/h6-7,9H,2-5H2,1H3/t6-,7?/m1/s1. The lowest BCUT2D eigenvalue weighted by molar-refractivity contribution is 0.235. The second kappa shape index (κ2) is 3.16. The van der Waals surface area contributed by atoms with Gasteiger partial charge in [0.2, 0.25) is 0 Å². The van der Waals surface area contributed by atoms with Crippen molar-refractivity contribution in [2.24, 2.45) is 5.92 Å². The molecule has 1 aliphatic heterocycles. The van der Waals surface area contributed by atoms with Gasteiger partial charge in [-0.2, -0.15) is 0 Å². The van der Waals surface area contributed by atoms with Gasteiger partial charge in [-0.05, 0) is 31.8 Å². The molecule has 1 heterocycles. The molecule has 2 heteroatoms. The Bertz CT molecular complexity index is 75.0. The summed E-state index contributed by atoms with van der Waals surface area (Å²) >= 11 is 0. The van der Waals surface area contributed by atoms with Crippen molar-refractivity contribution in [3.8, 4) is 0 Å². The first-order valence-corrected chi connectivity index (χ1v) is 3.65. The zero-order valence-electron chi connectivity index (χ0n) is 5.86. The largest absolute Gasteiger partial charge is 0.317 e. The molecule has 1 rings (SSSR count). The van der Waals surface area contributed by atoms with Crippen LogP contribution >= 0.6 is 0 Å². The predicted molar refractivity (Wildman–Crippen MR) is 36.2 cm³/mol. The fourth-order valence-electron chi connectivity index (χ4n) is 1.16. The lowest BCUT2D eigenvalue weighted by Crippen LogP contribution is -2.14. The molecule has 1 saturated heterocycles. The van der Waals surface area contributed by atoms with Crippen molar-refractivity contribution in [2.45, 2.75) is 25.9 Å². The highest BCUT2D eigenvalue weighted by molar-refractivity contribution is 4.71. The van der Waals surface area contributed by atoms with Crippen molar-refractivity contribution in [3.05, 3.63) is 0 Å². The highest BCUT2D eigenvalue weighted by Gasteiger charge is 2.17. The number of hydrogen-bond acceptors (Lipinski definition) is 1. The average molecular weight is 131 g/mol. The van der Waals surface area contributed by atoms with Crippen LogP contribution in [0.25, 0.3) is 0 Å². The zero-order chi connectivity index (χ0) is 6.69. The van der Waals surface area contributed by atoms with Crippen molar-refractivity contribution in [1.29, 1.82) is 0 Å². The lowest BCUT2D eigenvalue weighted by atomic mass is 10.0. The van der Waals surface area contributed by atoms with E-state index in [4.69, 9.17) is 0 Å². The smallest absolute Gasteiger partial charge is 0.104 e. The number of nitrogens with one attached hydrogen (secondary N) is 1. The molecule has 1 unspecified atom stereocenters. The molecule has 0 aromatic rings. The Morgan fingerprint density at radius 2 is 2.00 bits per heavy atom. The first-order valence-electron chi connectivity index (χ1n) is 3.65. The van der Waals surface area contributed by atoms with E-state index in [9.17, 15) is 4.39 Å². The molecule has 2 atom stereocenters. The molecule has 1 fully saturated rings. The molecule has 0 bridgehead atoms. The third kappa shape index (κ3) is 1.94. The fraction of sp³-hybridized carbons (Fsp3) is 1.00. The Kier molecular flexibility index (Phi) is 2.46. The molecule has 9 heavy (non-hydrogen) atoms. The Balaban J connectivity index is 2.32. The maximum Gasteiger partial charge on any atom is 0.104 e. The molecule has 0 saturated carbocycles. The summed E-state index contributed by atoms with van der Waals surface area (Å²) in [7, 11) is 0. The lowest BCUT2D eigenvalue weighted by Gasteiger charge is -2.10. The summed E-state index contributed by atoms with van der Waals surface area (Å²) in [6.45, 7) is 3.82. The van der Waals surface area contributed by atoms with Gasteiger partial charge in [-0.1, -0.05) is 6.92 Å². The average Bonchev–Trinajstić information content (AvgIpc) is 1.99.